The average molecular weight is 728 g/mol. The van der Waals surface area contributed by atoms with Crippen LogP contribution in [0.15, 0.2) is 82.1 Å². The maximum absolute atomic E-state index is 13.5. The number of sulfonamides is 1. The normalized spacial score (nSPS) is 17.0. The molecular weight excluding hydrogens is 693 g/mol. The van der Waals surface area contributed by atoms with Crippen LogP contribution in [0.5, 0.6) is 0 Å². The number of alkyl halides is 3. The number of nitrogens with one attached hydrogen (secondary N) is 1. The number of piperazine rings is 1. The molecule has 0 radical (unpaired) electrons. The van der Waals surface area contributed by atoms with Crippen LogP contribution in [-0.2, 0) is 19.9 Å². The van der Waals surface area contributed by atoms with E-state index < -0.39 is 46.0 Å². The van der Waals surface area contributed by atoms with Crippen molar-refractivity contribution in [3.05, 3.63) is 88.5 Å². The van der Waals surface area contributed by atoms with Crippen molar-refractivity contribution in [1.29, 1.82) is 0 Å². The van der Waals surface area contributed by atoms with E-state index in [0.717, 1.165) is 68.4 Å². The summed E-state index contributed by atoms with van der Waals surface area (Å²) in [5.41, 5.74) is 9.93. The number of benzene rings is 3. The van der Waals surface area contributed by atoms with E-state index in [9.17, 15) is 30.4 Å². The molecule has 0 spiro atoms. The second-order valence-electron chi connectivity index (χ2n) is 11.5. The molecule has 1 fully saturated rings. The van der Waals surface area contributed by atoms with Crippen molar-refractivity contribution < 1.29 is 30.4 Å². The molecule has 0 bridgehead atoms. The fraction of sp³-hybridized carbons (Fsp3) is 0.344. The molecule has 47 heavy (non-hydrogen) atoms. The number of carbonyl (C=O) groups is 1. The van der Waals surface area contributed by atoms with Gasteiger partial charge in [0, 0.05) is 49.0 Å². The Morgan fingerprint density at radius 1 is 0.872 bits per heavy atom. The molecule has 0 unspecified atom stereocenters. The third-order valence-electron chi connectivity index (χ3n) is 8.42. The van der Waals surface area contributed by atoms with Crippen molar-refractivity contribution in [3.8, 4) is 0 Å². The lowest BCUT2D eigenvalue weighted by atomic mass is 9.95. The summed E-state index contributed by atoms with van der Waals surface area (Å²) in [5, 5.41) is 0.728. The van der Waals surface area contributed by atoms with E-state index in [0.29, 0.717) is 6.07 Å². The van der Waals surface area contributed by atoms with E-state index in [4.69, 9.17) is 28.9 Å². The van der Waals surface area contributed by atoms with Gasteiger partial charge >= 0.3 is 4.71 Å². The Bertz CT molecular complexity index is 1880. The summed E-state index contributed by atoms with van der Waals surface area (Å²) in [5.74, 6) is -0.988. The molecule has 0 atom stereocenters. The molecular formula is C32H34Cl2F2N4O5S2. The van der Waals surface area contributed by atoms with Crippen LogP contribution in [0.1, 0.15) is 48.0 Å². The molecule has 252 valence electrons. The molecule has 0 aromatic heterocycles. The Morgan fingerprint density at radius 2 is 1.51 bits per heavy atom. The lowest BCUT2D eigenvalue weighted by molar-refractivity contribution is 0.0981. The predicted octanol–water partition coefficient (Wildman–Crippen LogP) is 6.14. The topological polar surface area (TPSA) is 130 Å². The zero-order chi connectivity index (χ0) is 34.0. The van der Waals surface area contributed by atoms with Crippen LogP contribution in [0, 0.1) is 0 Å². The zero-order valence-corrected chi connectivity index (χ0v) is 28.4. The molecule has 2 aliphatic rings. The lowest BCUT2D eigenvalue weighted by Gasteiger charge is -2.37. The van der Waals surface area contributed by atoms with Gasteiger partial charge in [-0.05, 0) is 103 Å². The monoisotopic (exact) mass is 726 g/mol. The minimum atomic E-state index is -5.50. The number of hydrogen-bond donors (Lipinski definition) is 2. The molecule has 1 aliphatic heterocycles. The molecule has 0 saturated carbocycles. The standard InChI is InChI=1S/C32H34Cl2F2N4O5S2/c33-25-10-6-22(7-11-25)28-5-3-1-2-4-24(28)21-39-16-18-40(19-17-39)26-12-8-23(9-13-26)31(41)38-47(44,45)27-14-15-29(37)30(20-27)46(42,43)32(34,35)36/h6-15,20H,1-5,16-19,21,37H2,(H,38,41). The van der Waals surface area contributed by atoms with Gasteiger partial charge in [-0.3, -0.25) is 9.69 Å². The van der Waals surface area contributed by atoms with E-state index in [1.165, 1.54) is 48.1 Å². The minimum Gasteiger partial charge on any atom is -0.398 e. The van der Waals surface area contributed by atoms with E-state index in [1.54, 1.807) is 12.1 Å². The van der Waals surface area contributed by atoms with Crippen LogP contribution in [0.3, 0.4) is 0 Å². The first-order chi connectivity index (χ1) is 22.2. The van der Waals surface area contributed by atoms with Crippen LogP contribution in [0.25, 0.3) is 5.57 Å². The van der Waals surface area contributed by atoms with Gasteiger partial charge < -0.3 is 10.6 Å². The Labute approximate surface area is 283 Å². The van der Waals surface area contributed by atoms with Crippen LogP contribution in [0.4, 0.5) is 20.2 Å². The maximum Gasteiger partial charge on any atom is 0.427 e. The van der Waals surface area contributed by atoms with Gasteiger partial charge in [-0.2, -0.15) is 8.78 Å². The highest BCUT2D eigenvalue weighted by atomic mass is 35.5. The number of hydrogen-bond acceptors (Lipinski definition) is 8. The lowest BCUT2D eigenvalue weighted by Crippen LogP contribution is -2.47. The fourth-order valence-electron chi connectivity index (χ4n) is 5.86. The third kappa shape index (κ3) is 8.09. The number of anilines is 2. The highest BCUT2D eigenvalue weighted by Gasteiger charge is 2.45. The quantitative estimate of drug-likeness (QED) is 0.199. The summed E-state index contributed by atoms with van der Waals surface area (Å²) >= 11 is 10.8. The SMILES string of the molecule is Nc1ccc(S(=O)(=O)NC(=O)c2ccc(N3CCN(CC4=C(c5ccc(Cl)cc5)CCCCC4)CC3)cc2)cc1S(=O)(=O)C(F)(F)Cl. The Balaban J connectivity index is 1.21. The summed E-state index contributed by atoms with van der Waals surface area (Å²) in [7, 11) is -10.2. The second-order valence-corrected chi connectivity index (χ2v) is 16.3. The molecule has 9 nitrogen and oxygen atoms in total. The summed E-state index contributed by atoms with van der Waals surface area (Å²) in [4.78, 5) is 15.5. The van der Waals surface area contributed by atoms with E-state index in [-0.39, 0.29) is 5.56 Å². The van der Waals surface area contributed by atoms with Gasteiger partial charge in [-0.15, -0.1) is 0 Å². The number of halogens is 4. The Morgan fingerprint density at radius 3 is 2.15 bits per heavy atom. The van der Waals surface area contributed by atoms with Crippen LogP contribution in [-0.4, -0.2) is 65.1 Å². The third-order valence-corrected chi connectivity index (χ3v) is 12.2. The first-order valence-electron chi connectivity index (χ1n) is 15.0. The number of allylic oxidation sites excluding steroid dienone is 1. The smallest absolute Gasteiger partial charge is 0.398 e. The number of amides is 1. The number of nitrogen functional groups attached to an aromatic ring is 1. The van der Waals surface area contributed by atoms with Gasteiger partial charge in [0.15, 0.2) is 0 Å². The number of rotatable bonds is 9. The zero-order valence-electron chi connectivity index (χ0n) is 25.3. The highest BCUT2D eigenvalue weighted by molar-refractivity contribution is 7.94. The molecule has 1 amide bonds. The number of nitrogens with two attached hydrogens (primary N) is 1. The summed E-state index contributed by atoms with van der Waals surface area (Å²) < 4.78 is 74.0. The molecule has 3 aromatic carbocycles. The van der Waals surface area contributed by atoms with Crippen LogP contribution >= 0.6 is 23.2 Å². The number of nitrogens with zero attached hydrogens (tertiary/aromatic N) is 2. The average Bonchev–Trinajstić information content (AvgIpc) is 3.26. The summed E-state index contributed by atoms with van der Waals surface area (Å²) in [6, 6.07) is 16.7. The first kappa shape index (κ1) is 35.1. The van der Waals surface area contributed by atoms with Crippen molar-refractivity contribution in [3.63, 3.8) is 0 Å². The minimum absolute atomic E-state index is 0.0292. The molecule has 3 aromatic rings. The molecule has 1 aliphatic carbocycles. The van der Waals surface area contributed by atoms with Crippen LogP contribution < -0.4 is 15.4 Å². The molecule has 1 saturated heterocycles. The van der Waals surface area contributed by atoms with E-state index >= 15 is 0 Å². The van der Waals surface area contributed by atoms with Gasteiger partial charge in [-0.1, -0.05) is 35.7 Å². The Kier molecular flexibility index (Phi) is 10.5. The van der Waals surface area contributed by atoms with E-state index in [2.05, 4.69) is 21.9 Å². The van der Waals surface area contributed by atoms with Crippen molar-refractivity contribution in [2.24, 2.45) is 0 Å². The summed E-state index contributed by atoms with van der Waals surface area (Å²) in [6.45, 7) is 4.16. The van der Waals surface area contributed by atoms with Gasteiger partial charge in [0.1, 0.15) is 0 Å². The Hall–Kier alpha value is -3.23. The predicted molar refractivity (Wildman–Crippen MR) is 180 cm³/mol. The highest BCUT2D eigenvalue weighted by Crippen LogP contribution is 2.36. The van der Waals surface area contributed by atoms with Gasteiger partial charge in [0.2, 0.25) is 0 Å². The molecule has 3 N–H and O–H groups in total. The second kappa shape index (κ2) is 14.1. The van der Waals surface area contributed by atoms with Crippen molar-refractivity contribution in [1.82, 2.24) is 9.62 Å². The number of carbonyl (C=O) groups excluding carboxylic acids is 1. The fourth-order valence-corrected chi connectivity index (χ4v) is 8.22. The summed E-state index contributed by atoms with van der Waals surface area (Å²) in [6.07, 6.45) is 5.73. The van der Waals surface area contributed by atoms with Gasteiger partial charge in [-0.25, -0.2) is 21.6 Å². The van der Waals surface area contributed by atoms with E-state index in [1.807, 2.05) is 16.9 Å². The largest absolute Gasteiger partial charge is 0.427 e. The van der Waals surface area contributed by atoms with Crippen molar-refractivity contribution in [2.45, 2.75) is 46.6 Å². The van der Waals surface area contributed by atoms with Crippen LogP contribution in [0.2, 0.25) is 5.02 Å². The first-order valence-corrected chi connectivity index (χ1v) is 18.7. The van der Waals surface area contributed by atoms with Crippen molar-refractivity contribution >= 4 is 65.9 Å². The van der Waals surface area contributed by atoms with Crippen molar-refractivity contribution in [2.75, 3.05) is 43.4 Å². The number of sulfone groups is 1. The molecule has 5 rings (SSSR count). The van der Waals surface area contributed by atoms with Gasteiger partial charge in [0.25, 0.3) is 25.8 Å². The molecule has 15 heteroatoms. The molecule has 1 heterocycles. The van der Waals surface area contributed by atoms with Gasteiger partial charge in [0.05, 0.1) is 15.5 Å². The maximum atomic E-state index is 13.5.